The molecule has 2 amide bonds. The highest BCUT2D eigenvalue weighted by molar-refractivity contribution is 6.02. The quantitative estimate of drug-likeness (QED) is 0.478. The number of ketones is 1. The lowest BCUT2D eigenvalue weighted by molar-refractivity contribution is 0.0322. The number of aromatic nitrogens is 2. The molecule has 4 rings (SSSR count). The Morgan fingerprint density at radius 1 is 1.09 bits per heavy atom. The van der Waals surface area contributed by atoms with E-state index in [9.17, 15) is 14.4 Å². The third-order valence-corrected chi connectivity index (χ3v) is 5.81. The maximum absolute atomic E-state index is 13.4. The number of carbonyl (C=O) groups is 2. The van der Waals surface area contributed by atoms with Crippen molar-refractivity contribution >= 4 is 34.1 Å². The van der Waals surface area contributed by atoms with Crippen LogP contribution in [0.25, 0.3) is 10.9 Å². The van der Waals surface area contributed by atoms with Gasteiger partial charge in [0, 0.05) is 37.1 Å². The smallest absolute Gasteiger partial charge is 0.323 e. The average molecular weight is 480 g/mol. The highest BCUT2D eigenvalue weighted by atomic mass is 16.5. The van der Waals surface area contributed by atoms with E-state index in [0.29, 0.717) is 66.6 Å². The van der Waals surface area contributed by atoms with Crippen molar-refractivity contribution in [2.75, 3.05) is 50.7 Å². The number of rotatable bonds is 8. The number of benzene rings is 2. The summed E-state index contributed by atoms with van der Waals surface area (Å²) in [4.78, 5) is 44.5. The van der Waals surface area contributed by atoms with Crippen LogP contribution >= 0.6 is 0 Å². The Labute approximate surface area is 202 Å². The molecule has 2 aromatic carbocycles. The van der Waals surface area contributed by atoms with E-state index in [2.05, 4.69) is 15.5 Å². The van der Waals surface area contributed by atoms with Gasteiger partial charge in [0.1, 0.15) is 5.82 Å². The van der Waals surface area contributed by atoms with Gasteiger partial charge in [-0.3, -0.25) is 19.1 Å². The van der Waals surface area contributed by atoms with Gasteiger partial charge in [0.2, 0.25) is 0 Å². The minimum absolute atomic E-state index is 0.0890. The lowest BCUT2D eigenvalue weighted by atomic mass is 10.1. The Bertz CT molecular complexity index is 1280. The summed E-state index contributed by atoms with van der Waals surface area (Å²) in [6.45, 7) is 5.65. The molecule has 184 valence electrons. The van der Waals surface area contributed by atoms with E-state index in [0.717, 1.165) is 13.1 Å². The van der Waals surface area contributed by atoms with Gasteiger partial charge < -0.3 is 20.1 Å². The summed E-state index contributed by atoms with van der Waals surface area (Å²) in [5.74, 6) is 0.582. The summed E-state index contributed by atoms with van der Waals surface area (Å²) >= 11 is 0. The van der Waals surface area contributed by atoms with Crippen molar-refractivity contribution in [3.8, 4) is 0 Å². The molecule has 35 heavy (non-hydrogen) atoms. The minimum atomic E-state index is -0.485. The third-order valence-electron chi connectivity index (χ3n) is 5.81. The second-order valence-electron chi connectivity index (χ2n) is 8.31. The molecular formula is C25H29N5O5. The van der Waals surface area contributed by atoms with Gasteiger partial charge in [0.25, 0.3) is 5.56 Å². The van der Waals surface area contributed by atoms with Crippen molar-refractivity contribution in [1.29, 1.82) is 0 Å². The van der Waals surface area contributed by atoms with Crippen molar-refractivity contribution in [3.05, 3.63) is 64.2 Å². The van der Waals surface area contributed by atoms with Crippen molar-refractivity contribution in [2.45, 2.75) is 20.0 Å². The lowest BCUT2D eigenvalue weighted by Crippen LogP contribution is -2.38. The molecule has 1 aliphatic heterocycles. The fourth-order valence-corrected chi connectivity index (χ4v) is 3.95. The Hall–Kier alpha value is -3.60. The number of Topliss-reactive ketones (excluding diaryl/α,β-unsaturated/α-hetero) is 1. The van der Waals surface area contributed by atoms with Crippen LogP contribution in [-0.2, 0) is 22.6 Å². The molecular weight excluding hydrogens is 450 g/mol. The Morgan fingerprint density at radius 2 is 1.83 bits per heavy atom. The number of hydrogen-bond acceptors (Lipinski definition) is 7. The third kappa shape index (κ3) is 6.10. The number of nitrogens with one attached hydrogen (secondary N) is 2. The first-order valence-electron chi connectivity index (χ1n) is 11.5. The van der Waals surface area contributed by atoms with Crippen LogP contribution < -0.4 is 16.2 Å². The van der Waals surface area contributed by atoms with Gasteiger partial charge in [0.05, 0.1) is 43.8 Å². The van der Waals surface area contributed by atoms with E-state index in [1.54, 1.807) is 54.1 Å². The summed E-state index contributed by atoms with van der Waals surface area (Å²) in [5, 5.41) is 5.86. The molecule has 1 saturated heterocycles. The molecule has 0 unspecified atom stereocenters. The van der Waals surface area contributed by atoms with Gasteiger partial charge >= 0.3 is 6.03 Å². The maximum Gasteiger partial charge on any atom is 0.323 e. The molecule has 3 aromatic rings. The number of ether oxygens (including phenoxy) is 2. The van der Waals surface area contributed by atoms with Crippen molar-refractivity contribution < 1.29 is 19.1 Å². The topological polar surface area (TPSA) is 115 Å². The number of amides is 2. The number of fused-ring (bicyclic) bond motifs is 1. The molecule has 0 radical (unpaired) electrons. The predicted octanol–water partition coefficient (Wildman–Crippen LogP) is 2.72. The summed E-state index contributed by atoms with van der Waals surface area (Å²) < 4.78 is 12.3. The fraction of sp³-hybridized carbons (Fsp3) is 0.360. The number of hydrogen-bond donors (Lipinski definition) is 2. The molecule has 2 heterocycles. The number of methoxy groups -OCH3 is 1. The SMILES string of the molecule is COCCn1c(CN2CCOCC2)nc2ccc(NC(=O)Nc3cccc(C(C)=O)c3)cc2c1=O. The van der Waals surface area contributed by atoms with Crippen LogP contribution in [-0.4, -0.2) is 66.3 Å². The van der Waals surface area contributed by atoms with Crippen molar-refractivity contribution in [1.82, 2.24) is 14.5 Å². The largest absolute Gasteiger partial charge is 0.383 e. The standard InChI is InChI=1S/C25H29N5O5/c1-17(31)18-4-3-5-19(14-18)26-25(33)27-20-6-7-22-21(15-20)24(32)30(10-11-34-2)23(28-22)16-29-8-12-35-13-9-29/h3-7,14-15H,8-13,16H2,1-2H3,(H2,26,27,33). The van der Waals surface area contributed by atoms with E-state index in [1.165, 1.54) is 6.92 Å². The second kappa shape index (κ2) is 11.2. The monoisotopic (exact) mass is 479 g/mol. The molecule has 0 saturated carbocycles. The molecule has 10 heteroatoms. The van der Waals surface area contributed by atoms with E-state index in [-0.39, 0.29) is 11.3 Å². The number of urea groups is 1. The van der Waals surface area contributed by atoms with Crippen molar-refractivity contribution in [3.63, 3.8) is 0 Å². The molecule has 1 fully saturated rings. The molecule has 1 aliphatic rings. The van der Waals surface area contributed by atoms with Crippen LogP contribution in [0.5, 0.6) is 0 Å². The molecule has 1 aromatic heterocycles. The lowest BCUT2D eigenvalue weighted by Gasteiger charge is -2.27. The summed E-state index contributed by atoms with van der Waals surface area (Å²) in [7, 11) is 1.59. The molecule has 2 N–H and O–H groups in total. The zero-order valence-corrected chi connectivity index (χ0v) is 19.9. The zero-order valence-electron chi connectivity index (χ0n) is 19.9. The first-order valence-corrected chi connectivity index (χ1v) is 11.5. The van der Waals surface area contributed by atoms with Gasteiger partial charge in [-0.05, 0) is 37.3 Å². The van der Waals surface area contributed by atoms with Gasteiger partial charge in [-0.2, -0.15) is 0 Å². The van der Waals surface area contributed by atoms with E-state index < -0.39 is 6.03 Å². The first kappa shape index (κ1) is 24.5. The highest BCUT2D eigenvalue weighted by Gasteiger charge is 2.17. The van der Waals surface area contributed by atoms with Crippen LogP contribution in [0.2, 0.25) is 0 Å². The summed E-state index contributed by atoms with van der Waals surface area (Å²) in [5.41, 5.74) is 1.83. The van der Waals surface area contributed by atoms with Gasteiger partial charge in [-0.15, -0.1) is 0 Å². The Morgan fingerprint density at radius 3 is 2.54 bits per heavy atom. The fourth-order valence-electron chi connectivity index (χ4n) is 3.95. The molecule has 10 nitrogen and oxygen atoms in total. The zero-order chi connectivity index (χ0) is 24.8. The average Bonchev–Trinajstić information content (AvgIpc) is 2.85. The number of anilines is 2. The number of nitrogens with zero attached hydrogens (tertiary/aromatic N) is 3. The van der Waals surface area contributed by atoms with E-state index in [4.69, 9.17) is 14.5 Å². The molecule has 0 atom stereocenters. The van der Waals surface area contributed by atoms with Crippen LogP contribution in [0.1, 0.15) is 23.1 Å². The summed E-state index contributed by atoms with van der Waals surface area (Å²) in [6, 6.07) is 11.3. The normalized spacial score (nSPS) is 14.1. The van der Waals surface area contributed by atoms with Crippen LogP contribution in [0.4, 0.5) is 16.2 Å². The Balaban J connectivity index is 1.57. The van der Waals surface area contributed by atoms with Crippen LogP contribution in [0.3, 0.4) is 0 Å². The predicted molar refractivity (Wildman–Crippen MR) is 133 cm³/mol. The highest BCUT2D eigenvalue weighted by Crippen LogP contribution is 2.18. The van der Waals surface area contributed by atoms with Crippen LogP contribution in [0, 0.1) is 0 Å². The van der Waals surface area contributed by atoms with E-state index >= 15 is 0 Å². The molecule has 0 bridgehead atoms. The van der Waals surface area contributed by atoms with Crippen molar-refractivity contribution in [2.24, 2.45) is 0 Å². The van der Waals surface area contributed by atoms with E-state index in [1.807, 2.05) is 0 Å². The minimum Gasteiger partial charge on any atom is -0.383 e. The first-order chi connectivity index (χ1) is 16.9. The molecule has 0 aliphatic carbocycles. The number of morpholine rings is 1. The second-order valence-corrected chi connectivity index (χ2v) is 8.31. The Kier molecular flexibility index (Phi) is 7.86. The summed E-state index contributed by atoms with van der Waals surface area (Å²) in [6.07, 6.45) is 0. The van der Waals surface area contributed by atoms with Gasteiger partial charge in [-0.1, -0.05) is 12.1 Å². The number of carbonyl (C=O) groups excluding carboxylic acids is 2. The maximum atomic E-state index is 13.4. The van der Waals surface area contributed by atoms with Gasteiger partial charge in [0.15, 0.2) is 5.78 Å². The van der Waals surface area contributed by atoms with Gasteiger partial charge in [-0.25, -0.2) is 9.78 Å². The van der Waals surface area contributed by atoms with Crippen LogP contribution in [0.15, 0.2) is 47.3 Å². The molecule has 0 spiro atoms.